The van der Waals surface area contributed by atoms with Gasteiger partial charge in [0.25, 0.3) is 0 Å². The number of halogens is 1. The molecule has 1 heterocycles. The van der Waals surface area contributed by atoms with Crippen molar-refractivity contribution in [2.75, 3.05) is 10.6 Å². The van der Waals surface area contributed by atoms with Crippen LogP contribution in [0.5, 0.6) is 0 Å². The van der Waals surface area contributed by atoms with Crippen molar-refractivity contribution in [3.63, 3.8) is 0 Å². The van der Waals surface area contributed by atoms with E-state index in [4.69, 9.17) is 11.6 Å². The van der Waals surface area contributed by atoms with Gasteiger partial charge in [0, 0.05) is 16.6 Å². The Labute approximate surface area is 131 Å². The van der Waals surface area contributed by atoms with Gasteiger partial charge in [-0.1, -0.05) is 16.8 Å². The van der Waals surface area contributed by atoms with Gasteiger partial charge in [-0.2, -0.15) is 0 Å². The van der Waals surface area contributed by atoms with Crippen LogP contribution in [0.1, 0.15) is 12.8 Å². The highest BCUT2D eigenvalue weighted by Gasteiger charge is 2.30. The average Bonchev–Trinajstić information content (AvgIpc) is 3.25. The van der Waals surface area contributed by atoms with Gasteiger partial charge in [-0.3, -0.25) is 9.59 Å². The Balaban J connectivity index is 1.53. The Kier molecular flexibility index (Phi) is 4.06. The van der Waals surface area contributed by atoms with Crippen LogP contribution in [-0.2, 0) is 16.1 Å². The Morgan fingerprint density at radius 2 is 1.95 bits per heavy atom. The summed E-state index contributed by atoms with van der Waals surface area (Å²) in [6.07, 6.45) is 3.37. The number of anilines is 2. The van der Waals surface area contributed by atoms with Gasteiger partial charge < -0.3 is 10.6 Å². The van der Waals surface area contributed by atoms with Gasteiger partial charge in [0.05, 0.1) is 6.20 Å². The quantitative estimate of drug-likeness (QED) is 0.881. The predicted molar refractivity (Wildman–Crippen MR) is 81.5 cm³/mol. The second-order valence-corrected chi connectivity index (χ2v) is 5.56. The maximum absolute atomic E-state index is 11.9. The Morgan fingerprint density at radius 1 is 1.23 bits per heavy atom. The lowest BCUT2D eigenvalue weighted by Gasteiger charge is -2.04. The van der Waals surface area contributed by atoms with Crippen molar-refractivity contribution in [2.45, 2.75) is 19.4 Å². The van der Waals surface area contributed by atoms with Crippen molar-refractivity contribution >= 4 is 34.9 Å². The number of nitrogens with one attached hydrogen (secondary N) is 2. The number of rotatable bonds is 5. The molecule has 114 valence electrons. The molecule has 1 saturated carbocycles. The Morgan fingerprint density at radius 3 is 2.64 bits per heavy atom. The average molecular weight is 320 g/mol. The van der Waals surface area contributed by atoms with Gasteiger partial charge in [-0.05, 0) is 37.1 Å². The van der Waals surface area contributed by atoms with Crippen LogP contribution in [0.4, 0.5) is 11.5 Å². The zero-order valence-corrected chi connectivity index (χ0v) is 12.4. The van der Waals surface area contributed by atoms with Crippen LogP contribution in [0.3, 0.4) is 0 Å². The van der Waals surface area contributed by atoms with Gasteiger partial charge in [0.2, 0.25) is 11.8 Å². The molecular formula is C14H14ClN5O2. The summed E-state index contributed by atoms with van der Waals surface area (Å²) in [5, 5.41) is 13.6. The van der Waals surface area contributed by atoms with Gasteiger partial charge in [-0.25, -0.2) is 4.68 Å². The number of nitrogens with zero attached hydrogens (tertiary/aromatic N) is 3. The molecule has 2 aromatic rings. The van der Waals surface area contributed by atoms with E-state index in [0.717, 1.165) is 12.8 Å². The number of benzene rings is 1. The molecule has 1 aromatic carbocycles. The van der Waals surface area contributed by atoms with E-state index in [0.29, 0.717) is 16.5 Å². The molecule has 1 aliphatic carbocycles. The minimum absolute atomic E-state index is 0.00885. The monoisotopic (exact) mass is 319 g/mol. The molecule has 0 saturated heterocycles. The number of carbonyl (C=O) groups excluding carboxylic acids is 2. The fourth-order valence-electron chi connectivity index (χ4n) is 1.89. The first kappa shape index (κ1) is 14.5. The summed E-state index contributed by atoms with van der Waals surface area (Å²) in [4.78, 5) is 23.5. The second-order valence-electron chi connectivity index (χ2n) is 5.12. The lowest BCUT2D eigenvalue weighted by atomic mass is 10.3. The van der Waals surface area contributed by atoms with E-state index in [-0.39, 0.29) is 24.3 Å². The molecule has 0 atom stereocenters. The molecule has 0 unspecified atom stereocenters. The standard InChI is InChI=1S/C14H14ClN5O2/c15-10-3-5-11(6-4-10)16-13(21)8-20-7-12(18-19-20)17-14(22)9-1-2-9/h3-7,9H,1-2,8H2,(H,16,21)(H,17,22). The molecule has 0 aliphatic heterocycles. The van der Waals surface area contributed by atoms with E-state index in [2.05, 4.69) is 20.9 Å². The molecule has 2 N–H and O–H groups in total. The first-order valence-electron chi connectivity index (χ1n) is 6.86. The molecule has 7 nitrogen and oxygen atoms in total. The zero-order chi connectivity index (χ0) is 15.5. The fraction of sp³-hybridized carbons (Fsp3) is 0.286. The normalized spacial score (nSPS) is 13.7. The highest BCUT2D eigenvalue weighted by Crippen LogP contribution is 2.29. The number of hydrogen-bond acceptors (Lipinski definition) is 4. The van der Waals surface area contributed by atoms with Crippen LogP contribution in [0.2, 0.25) is 5.02 Å². The molecule has 2 amide bonds. The Bertz CT molecular complexity index is 694. The van der Waals surface area contributed by atoms with Crippen molar-refractivity contribution in [2.24, 2.45) is 5.92 Å². The molecule has 0 bridgehead atoms. The SMILES string of the molecule is O=C(Cn1cc(NC(=O)C2CC2)nn1)Nc1ccc(Cl)cc1. The molecular weight excluding hydrogens is 306 g/mol. The minimum Gasteiger partial charge on any atom is -0.324 e. The summed E-state index contributed by atoms with van der Waals surface area (Å²) in [5.41, 5.74) is 0.650. The number of aromatic nitrogens is 3. The smallest absolute Gasteiger partial charge is 0.246 e. The van der Waals surface area contributed by atoms with Crippen molar-refractivity contribution < 1.29 is 9.59 Å². The summed E-state index contributed by atoms with van der Waals surface area (Å²) >= 11 is 5.78. The highest BCUT2D eigenvalue weighted by molar-refractivity contribution is 6.30. The summed E-state index contributed by atoms with van der Waals surface area (Å²) < 4.78 is 1.37. The molecule has 1 aliphatic rings. The van der Waals surface area contributed by atoms with Crippen LogP contribution in [0.25, 0.3) is 0 Å². The summed E-state index contributed by atoms with van der Waals surface area (Å²) in [5.74, 6) is 0.166. The van der Waals surface area contributed by atoms with Crippen LogP contribution < -0.4 is 10.6 Å². The number of hydrogen-bond donors (Lipinski definition) is 2. The zero-order valence-electron chi connectivity index (χ0n) is 11.6. The summed E-state index contributed by atoms with van der Waals surface area (Å²) in [6, 6.07) is 6.81. The number of amides is 2. The van der Waals surface area contributed by atoms with Gasteiger partial charge in [-0.15, -0.1) is 5.10 Å². The maximum Gasteiger partial charge on any atom is 0.246 e. The molecule has 1 fully saturated rings. The first-order chi connectivity index (χ1) is 10.6. The van der Waals surface area contributed by atoms with Gasteiger partial charge >= 0.3 is 0 Å². The third-order valence-corrected chi connectivity index (χ3v) is 3.42. The third kappa shape index (κ3) is 3.82. The lowest BCUT2D eigenvalue weighted by Crippen LogP contribution is -2.19. The molecule has 8 heteroatoms. The Hall–Kier alpha value is -2.41. The third-order valence-electron chi connectivity index (χ3n) is 3.17. The fourth-order valence-corrected chi connectivity index (χ4v) is 2.01. The van der Waals surface area contributed by atoms with Crippen LogP contribution >= 0.6 is 11.6 Å². The van der Waals surface area contributed by atoms with E-state index >= 15 is 0 Å². The molecule has 0 spiro atoms. The summed E-state index contributed by atoms with van der Waals surface area (Å²) in [7, 11) is 0. The number of carbonyl (C=O) groups is 2. The molecule has 1 aromatic heterocycles. The van der Waals surface area contributed by atoms with Crippen molar-refractivity contribution in [3.05, 3.63) is 35.5 Å². The lowest BCUT2D eigenvalue weighted by molar-refractivity contribution is -0.117. The van der Waals surface area contributed by atoms with E-state index in [1.165, 1.54) is 10.9 Å². The topological polar surface area (TPSA) is 88.9 Å². The molecule has 3 rings (SSSR count). The highest BCUT2D eigenvalue weighted by atomic mass is 35.5. The van der Waals surface area contributed by atoms with Crippen molar-refractivity contribution in [3.8, 4) is 0 Å². The van der Waals surface area contributed by atoms with Crippen LogP contribution in [0.15, 0.2) is 30.5 Å². The van der Waals surface area contributed by atoms with E-state index in [1.54, 1.807) is 24.3 Å². The minimum atomic E-state index is -0.243. The van der Waals surface area contributed by atoms with E-state index in [9.17, 15) is 9.59 Å². The summed E-state index contributed by atoms with van der Waals surface area (Å²) in [6.45, 7) is 0.00885. The molecule has 0 radical (unpaired) electrons. The van der Waals surface area contributed by atoms with E-state index in [1.807, 2.05) is 0 Å². The second kappa shape index (κ2) is 6.15. The molecule has 22 heavy (non-hydrogen) atoms. The predicted octanol–water partition coefficient (Wildman–Crippen LogP) is 1.92. The largest absolute Gasteiger partial charge is 0.324 e. The van der Waals surface area contributed by atoms with Crippen LogP contribution in [0, 0.1) is 5.92 Å². The van der Waals surface area contributed by atoms with Gasteiger partial charge in [0.15, 0.2) is 5.82 Å². The van der Waals surface area contributed by atoms with E-state index < -0.39 is 0 Å². The van der Waals surface area contributed by atoms with Crippen molar-refractivity contribution in [1.29, 1.82) is 0 Å². The first-order valence-corrected chi connectivity index (χ1v) is 7.24. The van der Waals surface area contributed by atoms with Crippen LogP contribution in [-0.4, -0.2) is 26.8 Å². The van der Waals surface area contributed by atoms with Gasteiger partial charge in [0.1, 0.15) is 6.54 Å². The van der Waals surface area contributed by atoms with Crippen molar-refractivity contribution in [1.82, 2.24) is 15.0 Å². The maximum atomic E-state index is 11.9.